The van der Waals surface area contributed by atoms with E-state index < -0.39 is 0 Å². The van der Waals surface area contributed by atoms with Crippen LogP contribution in [-0.2, 0) is 11.3 Å². The largest absolute Gasteiger partial charge is 0.491 e. The number of methoxy groups -OCH3 is 1. The summed E-state index contributed by atoms with van der Waals surface area (Å²) in [7, 11) is 1.66. The van der Waals surface area contributed by atoms with Gasteiger partial charge in [0.05, 0.1) is 12.8 Å². The maximum atomic E-state index is 9.62. The van der Waals surface area contributed by atoms with E-state index in [-0.39, 0.29) is 5.41 Å². The van der Waals surface area contributed by atoms with Gasteiger partial charge in [0.2, 0.25) is 5.95 Å². The molecule has 180 valence electrons. The summed E-state index contributed by atoms with van der Waals surface area (Å²) in [6.07, 6.45) is 7.81. The molecule has 0 amide bonds. The Labute approximate surface area is 201 Å². The number of nitrogens with zero attached hydrogens (tertiary/aromatic N) is 3. The summed E-state index contributed by atoms with van der Waals surface area (Å²) in [6, 6.07) is 10.5. The van der Waals surface area contributed by atoms with Crippen molar-refractivity contribution in [3.8, 4) is 11.8 Å². The molecule has 1 aromatic heterocycles. The van der Waals surface area contributed by atoms with Gasteiger partial charge in [-0.1, -0.05) is 18.2 Å². The van der Waals surface area contributed by atoms with Gasteiger partial charge in [-0.05, 0) is 61.3 Å². The van der Waals surface area contributed by atoms with Gasteiger partial charge in [-0.15, -0.1) is 0 Å². The Kier molecular flexibility index (Phi) is 6.57. The molecule has 0 aliphatic heterocycles. The van der Waals surface area contributed by atoms with Crippen molar-refractivity contribution < 1.29 is 9.47 Å². The topological polar surface area (TPSA) is 118 Å². The molecule has 1 aromatic carbocycles. The number of nitrogens with two attached hydrogens (primary N) is 1. The third kappa shape index (κ3) is 4.68. The summed E-state index contributed by atoms with van der Waals surface area (Å²) in [5, 5.41) is 16.4. The van der Waals surface area contributed by atoms with Gasteiger partial charge in [0.1, 0.15) is 29.8 Å². The molecule has 0 saturated heterocycles. The van der Waals surface area contributed by atoms with E-state index in [9.17, 15) is 5.26 Å². The number of aromatic nitrogens is 2. The van der Waals surface area contributed by atoms with Crippen LogP contribution in [0.1, 0.15) is 43.2 Å². The number of rotatable bonds is 10. The van der Waals surface area contributed by atoms with Crippen LogP contribution in [0.5, 0.6) is 5.75 Å². The highest BCUT2D eigenvalue weighted by Gasteiger charge is 2.54. The second-order valence-corrected chi connectivity index (χ2v) is 10.3. The first-order valence-corrected chi connectivity index (χ1v) is 12.3. The lowest BCUT2D eigenvalue weighted by Gasteiger charge is -2.59. The van der Waals surface area contributed by atoms with Crippen molar-refractivity contribution in [2.24, 2.45) is 28.9 Å². The molecule has 4 aliphatic carbocycles. The smallest absolute Gasteiger partial charge is 0.224 e. The van der Waals surface area contributed by atoms with Crippen molar-refractivity contribution in [1.29, 1.82) is 5.26 Å². The van der Waals surface area contributed by atoms with E-state index in [0.717, 1.165) is 23.8 Å². The molecule has 4 bridgehead atoms. The maximum Gasteiger partial charge on any atom is 0.224 e. The lowest BCUT2D eigenvalue weighted by atomic mass is 9.48. The molecular weight excluding hydrogens is 428 g/mol. The lowest BCUT2D eigenvalue weighted by molar-refractivity contribution is -0.0591. The van der Waals surface area contributed by atoms with Crippen molar-refractivity contribution in [3.63, 3.8) is 0 Å². The number of para-hydroxylation sites is 1. The zero-order valence-corrected chi connectivity index (χ0v) is 19.8. The molecule has 1 heterocycles. The second-order valence-electron chi connectivity index (χ2n) is 10.3. The van der Waals surface area contributed by atoms with Crippen molar-refractivity contribution in [2.45, 2.75) is 44.7 Å². The van der Waals surface area contributed by atoms with Crippen molar-refractivity contribution in [1.82, 2.24) is 9.97 Å². The average molecular weight is 463 g/mol. The van der Waals surface area contributed by atoms with Crippen molar-refractivity contribution in [2.75, 3.05) is 37.5 Å². The van der Waals surface area contributed by atoms with Gasteiger partial charge in [-0.2, -0.15) is 10.2 Å². The maximum absolute atomic E-state index is 9.62. The van der Waals surface area contributed by atoms with E-state index in [1.807, 2.05) is 24.3 Å². The number of anilines is 2. The Morgan fingerprint density at radius 3 is 2.71 bits per heavy atom. The molecule has 2 aromatic rings. The van der Waals surface area contributed by atoms with Gasteiger partial charge in [-0.3, -0.25) is 0 Å². The van der Waals surface area contributed by atoms with E-state index in [2.05, 4.69) is 26.7 Å². The Hall–Kier alpha value is -2.89. The highest BCUT2D eigenvalue weighted by Crippen LogP contribution is 2.59. The Bertz CT molecular complexity index is 1040. The van der Waals surface area contributed by atoms with E-state index in [1.54, 1.807) is 13.3 Å². The first-order valence-electron chi connectivity index (χ1n) is 12.3. The van der Waals surface area contributed by atoms with Gasteiger partial charge in [0, 0.05) is 31.8 Å². The molecule has 6 rings (SSSR count). The predicted molar refractivity (Wildman–Crippen MR) is 130 cm³/mol. The third-order valence-corrected chi connectivity index (χ3v) is 7.97. The van der Waals surface area contributed by atoms with E-state index in [4.69, 9.17) is 15.2 Å². The molecule has 4 fully saturated rings. The fourth-order valence-electron chi connectivity index (χ4n) is 6.60. The summed E-state index contributed by atoms with van der Waals surface area (Å²) >= 11 is 0. The minimum atomic E-state index is 0.274. The number of hydrogen-bond donors (Lipinski definition) is 3. The number of ether oxygens (including phenoxy) is 2. The SMILES string of the molecule is COCCOc1ccccc1CNc1ncc(C#N)c(NCC23CC4C[C@H](C2)C(N)[C@@H](C4)C3)n1. The normalized spacial score (nSPS) is 29.0. The molecule has 3 unspecified atom stereocenters. The highest BCUT2D eigenvalue weighted by atomic mass is 16.5. The summed E-state index contributed by atoms with van der Waals surface area (Å²) in [5.74, 6) is 4.00. The average Bonchev–Trinajstić information content (AvgIpc) is 2.85. The molecular formula is C26H34N6O2. The summed E-state index contributed by atoms with van der Waals surface area (Å²) < 4.78 is 10.9. The Morgan fingerprint density at radius 1 is 1.15 bits per heavy atom. The fraction of sp³-hybridized carbons (Fsp3) is 0.577. The van der Waals surface area contributed by atoms with Crippen molar-refractivity contribution >= 4 is 11.8 Å². The number of nitrogens with one attached hydrogen (secondary N) is 2. The van der Waals surface area contributed by atoms with Gasteiger partial charge in [-0.25, -0.2) is 4.98 Å². The number of nitriles is 1. The first-order chi connectivity index (χ1) is 16.6. The zero-order chi connectivity index (χ0) is 23.5. The molecule has 8 nitrogen and oxygen atoms in total. The molecule has 4 saturated carbocycles. The van der Waals surface area contributed by atoms with Gasteiger partial charge in [0.15, 0.2) is 0 Å². The van der Waals surface area contributed by atoms with Crippen LogP contribution in [-0.4, -0.2) is 42.9 Å². The predicted octanol–water partition coefficient (Wildman–Crippen LogP) is 3.55. The Morgan fingerprint density at radius 2 is 1.94 bits per heavy atom. The van der Waals surface area contributed by atoms with Crippen molar-refractivity contribution in [3.05, 3.63) is 41.6 Å². The zero-order valence-electron chi connectivity index (χ0n) is 19.8. The molecule has 0 spiro atoms. The van der Waals surface area contributed by atoms with Gasteiger partial charge >= 0.3 is 0 Å². The Balaban J connectivity index is 1.25. The van der Waals surface area contributed by atoms with E-state index in [1.165, 1.54) is 32.1 Å². The van der Waals surface area contributed by atoms with Crippen LogP contribution >= 0.6 is 0 Å². The summed E-state index contributed by atoms with van der Waals surface area (Å²) in [4.78, 5) is 9.01. The van der Waals surface area contributed by atoms with Crippen LogP contribution in [0, 0.1) is 34.5 Å². The molecule has 0 radical (unpaired) electrons. The highest BCUT2D eigenvalue weighted by molar-refractivity contribution is 5.53. The molecule has 5 atom stereocenters. The van der Waals surface area contributed by atoms with Crippen LogP contribution in [0.25, 0.3) is 0 Å². The van der Waals surface area contributed by atoms with Crippen LogP contribution in [0.2, 0.25) is 0 Å². The number of benzene rings is 1. The van der Waals surface area contributed by atoms with Crippen LogP contribution in [0.4, 0.5) is 11.8 Å². The minimum Gasteiger partial charge on any atom is -0.491 e. The first kappa shape index (κ1) is 22.9. The second kappa shape index (κ2) is 9.77. The summed E-state index contributed by atoms with van der Waals surface area (Å²) in [5.41, 5.74) is 8.26. The minimum absolute atomic E-state index is 0.274. The molecule has 4 aliphatic rings. The van der Waals surface area contributed by atoms with Crippen LogP contribution in [0.3, 0.4) is 0 Å². The molecule has 4 N–H and O–H groups in total. The standard InChI is InChI=1S/C26H34N6O2/c1-33-6-7-34-22-5-3-2-4-18(22)14-29-25-30-15-21(13-27)24(32-25)31-16-26-10-17-8-19(11-26)23(28)20(9-17)12-26/h2-5,15,17,19-20,23H,6-12,14,16,28H2,1H3,(H2,29,30,31,32)/t17?,19-,20+,23?,26?. The van der Waals surface area contributed by atoms with Crippen LogP contribution < -0.4 is 21.1 Å². The third-order valence-electron chi connectivity index (χ3n) is 7.97. The lowest BCUT2D eigenvalue weighted by Crippen LogP contribution is -2.58. The fourth-order valence-corrected chi connectivity index (χ4v) is 6.60. The molecule has 34 heavy (non-hydrogen) atoms. The van der Waals surface area contributed by atoms with E-state index in [0.29, 0.717) is 55.0 Å². The quantitative estimate of drug-likeness (QED) is 0.459. The van der Waals surface area contributed by atoms with Gasteiger partial charge in [0.25, 0.3) is 0 Å². The van der Waals surface area contributed by atoms with Crippen LogP contribution in [0.15, 0.2) is 30.5 Å². The monoisotopic (exact) mass is 462 g/mol. The van der Waals surface area contributed by atoms with Gasteiger partial charge < -0.3 is 25.8 Å². The number of hydrogen-bond acceptors (Lipinski definition) is 8. The molecule has 8 heteroatoms. The van der Waals surface area contributed by atoms with E-state index >= 15 is 0 Å². The summed E-state index contributed by atoms with van der Waals surface area (Å²) in [6.45, 7) is 2.38.